The van der Waals surface area contributed by atoms with Gasteiger partial charge in [-0.05, 0) is 19.8 Å². The maximum Gasteiger partial charge on any atom is 0.356 e. The predicted octanol–water partition coefficient (Wildman–Crippen LogP) is 0.851. The number of nitrogens with one attached hydrogen (secondary N) is 1. The first kappa shape index (κ1) is 17.2. The van der Waals surface area contributed by atoms with Crippen molar-refractivity contribution in [2.45, 2.75) is 45.7 Å². The first-order valence-electron chi connectivity index (χ1n) is 7.18. The van der Waals surface area contributed by atoms with Crippen molar-refractivity contribution in [3.05, 3.63) is 18.2 Å². The van der Waals surface area contributed by atoms with Gasteiger partial charge >= 0.3 is 5.97 Å². The van der Waals surface area contributed by atoms with E-state index < -0.39 is 5.97 Å². The van der Waals surface area contributed by atoms with Gasteiger partial charge in [-0.1, -0.05) is 13.3 Å². The van der Waals surface area contributed by atoms with Gasteiger partial charge in [0.2, 0.25) is 5.91 Å². The number of aromatic nitrogens is 2. The summed E-state index contributed by atoms with van der Waals surface area (Å²) >= 11 is 0. The Morgan fingerprint density at radius 3 is 2.71 bits per heavy atom. The minimum atomic E-state index is -1.06. The minimum absolute atomic E-state index is 0.00518. The van der Waals surface area contributed by atoms with Crippen molar-refractivity contribution in [1.29, 1.82) is 0 Å². The molecule has 0 radical (unpaired) electrons. The van der Waals surface area contributed by atoms with Crippen molar-refractivity contribution in [2.75, 3.05) is 6.54 Å². The maximum atomic E-state index is 11.9. The van der Waals surface area contributed by atoms with E-state index in [-0.39, 0.29) is 23.6 Å². The number of carboxylic acids is 1. The van der Waals surface area contributed by atoms with Gasteiger partial charge < -0.3 is 20.7 Å². The van der Waals surface area contributed by atoms with Crippen LogP contribution in [-0.2, 0) is 11.3 Å². The van der Waals surface area contributed by atoms with Crippen LogP contribution in [0.15, 0.2) is 12.5 Å². The Morgan fingerprint density at radius 2 is 2.14 bits per heavy atom. The van der Waals surface area contributed by atoms with Crippen LogP contribution in [0, 0.1) is 5.92 Å². The molecular weight excluding hydrogens is 272 g/mol. The molecule has 0 aliphatic rings. The van der Waals surface area contributed by atoms with Crippen LogP contribution in [0.4, 0.5) is 0 Å². The molecule has 7 nitrogen and oxygen atoms in total. The Morgan fingerprint density at radius 1 is 1.43 bits per heavy atom. The average molecular weight is 296 g/mol. The average Bonchev–Trinajstić information content (AvgIpc) is 2.87. The molecule has 0 aliphatic heterocycles. The predicted molar refractivity (Wildman–Crippen MR) is 78.9 cm³/mol. The van der Waals surface area contributed by atoms with Gasteiger partial charge in [-0.15, -0.1) is 0 Å². The van der Waals surface area contributed by atoms with Crippen molar-refractivity contribution >= 4 is 11.9 Å². The molecule has 0 aliphatic carbocycles. The van der Waals surface area contributed by atoms with Crippen LogP contribution in [0.2, 0.25) is 0 Å². The fourth-order valence-electron chi connectivity index (χ4n) is 1.95. The van der Waals surface area contributed by atoms with Crippen LogP contribution in [0.5, 0.6) is 0 Å². The molecule has 1 aromatic heterocycles. The zero-order valence-corrected chi connectivity index (χ0v) is 12.6. The molecule has 1 amide bonds. The first-order valence-corrected chi connectivity index (χ1v) is 7.18. The molecule has 0 bridgehead atoms. The maximum absolute atomic E-state index is 11.9. The molecule has 21 heavy (non-hydrogen) atoms. The molecule has 1 heterocycles. The molecule has 2 atom stereocenters. The molecule has 0 saturated heterocycles. The standard InChI is InChI=1S/C14H24N4O3/c1-10(4-3-5-11(2)15)13(19)16-6-7-18-8-12(14(20)21)17-9-18/h8-11H,3-7,15H2,1-2H3,(H,16,19)(H,20,21). The topological polar surface area (TPSA) is 110 Å². The monoisotopic (exact) mass is 296 g/mol. The summed E-state index contributed by atoms with van der Waals surface area (Å²) in [6.45, 7) is 4.81. The largest absolute Gasteiger partial charge is 0.476 e. The van der Waals surface area contributed by atoms with E-state index in [4.69, 9.17) is 10.8 Å². The number of nitrogens with zero attached hydrogens (tertiary/aromatic N) is 2. The van der Waals surface area contributed by atoms with Gasteiger partial charge in [0.1, 0.15) is 0 Å². The van der Waals surface area contributed by atoms with Crippen molar-refractivity contribution in [2.24, 2.45) is 11.7 Å². The van der Waals surface area contributed by atoms with Crippen LogP contribution < -0.4 is 11.1 Å². The Labute approximate surface area is 124 Å². The van der Waals surface area contributed by atoms with E-state index in [0.717, 1.165) is 19.3 Å². The van der Waals surface area contributed by atoms with E-state index in [1.165, 1.54) is 12.5 Å². The van der Waals surface area contributed by atoms with Crippen molar-refractivity contribution < 1.29 is 14.7 Å². The quantitative estimate of drug-likeness (QED) is 0.625. The van der Waals surface area contributed by atoms with E-state index in [9.17, 15) is 9.59 Å². The summed E-state index contributed by atoms with van der Waals surface area (Å²) in [5.74, 6) is -1.08. The van der Waals surface area contributed by atoms with Crippen LogP contribution in [0.1, 0.15) is 43.6 Å². The number of carbonyl (C=O) groups is 2. The molecule has 0 saturated carbocycles. The lowest BCUT2D eigenvalue weighted by molar-refractivity contribution is -0.124. The highest BCUT2D eigenvalue weighted by Gasteiger charge is 2.12. The molecule has 0 fully saturated rings. The summed E-state index contributed by atoms with van der Waals surface area (Å²) < 4.78 is 1.64. The summed E-state index contributed by atoms with van der Waals surface area (Å²) in [7, 11) is 0. The number of amides is 1. The molecule has 1 aromatic rings. The first-order chi connectivity index (χ1) is 9.90. The lowest BCUT2D eigenvalue weighted by atomic mass is 10.0. The summed E-state index contributed by atoms with van der Waals surface area (Å²) in [5, 5.41) is 11.6. The number of aromatic carboxylic acids is 1. The van der Waals surface area contributed by atoms with Crippen molar-refractivity contribution in [3.8, 4) is 0 Å². The Hall–Kier alpha value is -1.89. The zero-order chi connectivity index (χ0) is 15.8. The smallest absolute Gasteiger partial charge is 0.356 e. The molecular formula is C14H24N4O3. The fourth-order valence-corrected chi connectivity index (χ4v) is 1.95. The molecule has 118 valence electrons. The molecule has 7 heteroatoms. The van der Waals surface area contributed by atoms with Gasteiger partial charge in [0.15, 0.2) is 5.69 Å². The number of nitrogens with two attached hydrogens (primary N) is 1. The Balaban J connectivity index is 2.24. The van der Waals surface area contributed by atoms with E-state index in [0.29, 0.717) is 13.1 Å². The number of hydrogen-bond acceptors (Lipinski definition) is 4. The molecule has 2 unspecified atom stereocenters. The highest BCUT2D eigenvalue weighted by atomic mass is 16.4. The zero-order valence-electron chi connectivity index (χ0n) is 12.6. The summed E-state index contributed by atoms with van der Waals surface area (Å²) in [5.41, 5.74) is 5.68. The number of carboxylic acid groups (broad SMARTS) is 1. The second kappa shape index (κ2) is 8.41. The van der Waals surface area contributed by atoms with Gasteiger partial charge in [0.05, 0.1) is 6.33 Å². The number of carbonyl (C=O) groups excluding carboxylic acids is 1. The highest BCUT2D eigenvalue weighted by Crippen LogP contribution is 2.08. The van der Waals surface area contributed by atoms with Gasteiger partial charge in [0, 0.05) is 31.2 Å². The van der Waals surface area contributed by atoms with E-state index in [1.807, 2.05) is 13.8 Å². The van der Waals surface area contributed by atoms with E-state index >= 15 is 0 Å². The number of imidazole rings is 1. The summed E-state index contributed by atoms with van der Waals surface area (Å²) in [6.07, 6.45) is 5.57. The normalized spacial score (nSPS) is 13.7. The molecule has 1 rings (SSSR count). The summed E-state index contributed by atoms with van der Waals surface area (Å²) in [6, 6.07) is 0.171. The number of rotatable bonds is 9. The number of hydrogen-bond donors (Lipinski definition) is 3. The Bertz CT molecular complexity index is 471. The molecule has 4 N–H and O–H groups in total. The Kier molecular flexibility index (Phi) is 6.87. The highest BCUT2D eigenvalue weighted by molar-refractivity contribution is 5.84. The van der Waals surface area contributed by atoms with Crippen LogP contribution in [0.25, 0.3) is 0 Å². The molecule has 0 aromatic carbocycles. The van der Waals surface area contributed by atoms with Crippen molar-refractivity contribution in [1.82, 2.24) is 14.9 Å². The van der Waals surface area contributed by atoms with Crippen molar-refractivity contribution in [3.63, 3.8) is 0 Å². The van der Waals surface area contributed by atoms with Gasteiger partial charge in [-0.2, -0.15) is 0 Å². The van der Waals surface area contributed by atoms with Gasteiger partial charge in [0.25, 0.3) is 0 Å². The lowest BCUT2D eigenvalue weighted by Crippen LogP contribution is -2.32. The minimum Gasteiger partial charge on any atom is -0.476 e. The SMILES string of the molecule is CC(N)CCCC(C)C(=O)NCCn1cnc(C(=O)O)c1. The molecule has 0 spiro atoms. The van der Waals surface area contributed by atoms with Crippen LogP contribution in [0.3, 0.4) is 0 Å². The van der Waals surface area contributed by atoms with E-state index in [2.05, 4.69) is 10.3 Å². The fraction of sp³-hybridized carbons (Fsp3) is 0.643. The van der Waals surface area contributed by atoms with E-state index in [1.54, 1.807) is 4.57 Å². The third-order valence-electron chi connectivity index (χ3n) is 3.27. The van der Waals surface area contributed by atoms with Crippen LogP contribution >= 0.6 is 0 Å². The lowest BCUT2D eigenvalue weighted by Gasteiger charge is -2.13. The second-order valence-corrected chi connectivity index (χ2v) is 5.40. The van der Waals surface area contributed by atoms with Gasteiger partial charge in [-0.3, -0.25) is 4.79 Å². The summed E-state index contributed by atoms with van der Waals surface area (Å²) in [4.78, 5) is 26.3. The van der Waals surface area contributed by atoms with Gasteiger partial charge in [-0.25, -0.2) is 9.78 Å². The third-order valence-corrected chi connectivity index (χ3v) is 3.27. The van der Waals surface area contributed by atoms with Crippen LogP contribution in [-0.4, -0.2) is 39.1 Å². The third kappa shape index (κ3) is 6.40. The second-order valence-electron chi connectivity index (χ2n) is 5.40.